The first kappa shape index (κ1) is 16.7. The third-order valence-electron chi connectivity index (χ3n) is 3.81. The fourth-order valence-electron chi connectivity index (χ4n) is 2.52. The van der Waals surface area contributed by atoms with Crippen molar-refractivity contribution in [2.45, 2.75) is 6.42 Å². The van der Waals surface area contributed by atoms with Crippen LogP contribution < -0.4 is 5.32 Å². The van der Waals surface area contributed by atoms with Crippen LogP contribution >= 0.6 is 0 Å². The molecule has 1 atom stereocenters. The molecule has 1 fully saturated rings. The van der Waals surface area contributed by atoms with E-state index in [0.29, 0.717) is 31.5 Å². The fourth-order valence-corrected chi connectivity index (χ4v) is 2.52. The molecule has 0 amide bonds. The number of halogens is 2. The van der Waals surface area contributed by atoms with E-state index in [4.69, 9.17) is 9.47 Å². The van der Waals surface area contributed by atoms with Crippen LogP contribution in [0.15, 0.2) is 30.3 Å². The number of benzene rings is 1. The molecule has 1 aliphatic rings. The van der Waals surface area contributed by atoms with E-state index in [1.807, 2.05) is 0 Å². The van der Waals surface area contributed by atoms with Crippen LogP contribution in [-0.4, -0.2) is 43.2 Å². The number of hydrogen-bond acceptors (Lipinski definition) is 5. The molecule has 24 heavy (non-hydrogen) atoms. The van der Waals surface area contributed by atoms with Gasteiger partial charge in [-0.05, 0) is 30.7 Å². The molecule has 7 heteroatoms. The van der Waals surface area contributed by atoms with Gasteiger partial charge in [0.2, 0.25) is 0 Å². The maximum absolute atomic E-state index is 13.7. The highest BCUT2D eigenvalue weighted by Gasteiger charge is 2.15. The predicted octanol–water partition coefficient (Wildman–Crippen LogP) is 2.89. The maximum atomic E-state index is 13.7. The normalized spacial score (nSPS) is 17.2. The quantitative estimate of drug-likeness (QED) is 0.789. The molecular weight excluding hydrogens is 316 g/mol. The van der Waals surface area contributed by atoms with Crippen molar-refractivity contribution in [1.29, 1.82) is 0 Å². The number of anilines is 1. The third kappa shape index (κ3) is 4.24. The Bertz CT molecular complexity index is 641. The van der Waals surface area contributed by atoms with Gasteiger partial charge in [0, 0.05) is 19.1 Å². The lowest BCUT2D eigenvalue weighted by molar-refractivity contribution is 0.0964. The van der Waals surface area contributed by atoms with Crippen molar-refractivity contribution in [3.05, 3.63) is 42.0 Å². The smallest absolute Gasteiger partial charge is 0.148 e. The topological polar surface area (TPSA) is 56.3 Å². The Hall–Kier alpha value is -2.12. The van der Waals surface area contributed by atoms with E-state index in [2.05, 4.69) is 15.5 Å². The molecule has 1 N–H and O–H groups in total. The van der Waals surface area contributed by atoms with Crippen molar-refractivity contribution in [2.75, 3.05) is 38.3 Å². The second-order valence-corrected chi connectivity index (χ2v) is 5.63. The van der Waals surface area contributed by atoms with Crippen LogP contribution in [0.1, 0.15) is 6.42 Å². The average molecular weight is 335 g/mol. The molecule has 1 saturated heterocycles. The Balaban J connectivity index is 1.48. The minimum atomic E-state index is -0.658. The summed E-state index contributed by atoms with van der Waals surface area (Å²) in [5.41, 5.74) is -0.00713. The zero-order valence-electron chi connectivity index (χ0n) is 13.2. The summed E-state index contributed by atoms with van der Waals surface area (Å²) in [4.78, 5) is 0. The second-order valence-electron chi connectivity index (χ2n) is 5.63. The monoisotopic (exact) mass is 335 g/mol. The number of rotatable bonds is 7. The maximum Gasteiger partial charge on any atom is 0.148 e. The Kier molecular flexibility index (Phi) is 5.66. The third-order valence-corrected chi connectivity index (χ3v) is 3.81. The summed E-state index contributed by atoms with van der Waals surface area (Å²) >= 11 is 0. The Morgan fingerprint density at radius 3 is 2.67 bits per heavy atom. The molecule has 3 rings (SSSR count). The average Bonchev–Trinajstić information content (AvgIpc) is 3.09. The molecule has 128 valence electrons. The van der Waals surface area contributed by atoms with E-state index in [1.54, 1.807) is 6.07 Å². The summed E-state index contributed by atoms with van der Waals surface area (Å²) in [7, 11) is 0. The van der Waals surface area contributed by atoms with Gasteiger partial charge >= 0.3 is 0 Å². The van der Waals surface area contributed by atoms with Gasteiger partial charge in [-0.2, -0.15) is 0 Å². The summed E-state index contributed by atoms with van der Waals surface area (Å²) in [6.45, 7) is 3.40. The number of aromatic nitrogens is 2. The Morgan fingerprint density at radius 1 is 1.17 bits per heavy atom. The van der Waals surface area contributed by atoms with Gasteiger partial charge in [0.25, 0.3) is 0 Å². The van der Waals surface area contributed by atoms with E-state index in [9.17, 15) is 8.78 Å². The largest absolute Gasteiger partial charge is 0.381 e. The molecule has 2 aromatic rings. The van der Waals surface area contributed by atoms with Crippen molar-refractivity contribution in [2.24, 2.45) is 5.92 Å². The Labute approximate surface area is 139 Å². The van der Waals surface area contributed by atoms with E-state index >= 15 is 0 Å². The highest BCUT2D eigenvalue weighted by Crippen LogP contribution is 2.23. The standard InChI is InChI=1S/C17H19F2N3O2/c18-13-2-1-3-14(19)17(13)15-4-5-16(22-21-15)20-7-9-24-11-12-6-8-23-10-12/h1-5,12H,6-11H2,(H,20,22). The first-order chi connectivity index (χ1) is 11.7. The predicted molar refractivity (Wildman–Crippen MR) is 85.6 cm³/mol. The van der Waals surface area contributed by atoms with Crippen LogP contribution in [0, 0.1) is 17.6 Å². The van der Waals surface area contributed by atoms with Crippen molar-refractivity contribution in [3.63, 3.8) is 0 Å². The zero-order chi connectivity index (χ0) is 16.8. The Morgan fingerprint density at radius 2 is 2.00 bits per heavy atom. The van der Waals surface area contributed by atoms with Crippen LogP contribution in [0.25, 0.3) is 11.3 Å². The molecule has 1 aliphatic heterocycles. The molecule has 1 aromatic heterocycles. The summed E-state index contributed by atoms with van der Waals surface area (Å²) in [5, 5.41) is 10.9. The molecule has 0 spiro atoms. The first-order valence-corrected chi connectivity index (χ1v) is 7.91. The summed E-state index contributed by atoms with van der Waals surface area (Å²) in [6.07, 6.45) is 1.05. The molecule has 0 aliphatic carbocycles. The van der Waals surface area contributed by atoms with Gasteiger partial charge in [0.15, 0.2) is 0 Å². The van der Waals surface area contributed by atoms with E-state index in [1.165, 1.54) is 24.3 Å². The van der Waals surface area contributed by atoms with Crippen molar-refractivity contribution < 1.29 is 18.3 Å². The van der Waals surface area contributed by atoms with Crippen molar-refractivity contribution >= 4 is 5.82 Å². The molecule has 5 nitrogen and oxygen atoms in total. The van der Waals surface area contributed by atoms with Gasteiger partial charge in [0.1, 0.15) is 17.5 Å². The lowest BCUT2D eigenvalue weighted by Crippen LogP contribution is -2.15. The number of ether oxygens (including phenoxy) is 2. The molecule has 2 heterocycles. The molecule has 0 bridgehead atoms. The van der Waals surface area contributed by atoms with Gasteiger partial charge in [0.05, 0.1) is 31.1 Å². The zero-order valence-corrected chi connectivity index (χ0v) is 13.2. The van der Waals surface area contributed by atoms with Crippen LogP contribution in [-0.2, 0) is 9.47 Å². The molecule has 1 aromatic carbocycles. The highest BCUT2D eigenvalue weighted by atomic mass is 19.1. The molecule has 1 unspecified atom stereocenters. The van der Waals surface area contributed by atoms with E-state index in [0.717, 1.165) is 19.6 Å². The molecule has 0 saturated carbocycles. The number of nitrogens with one attached hydrogen (secondary N) is 1. The van der Waals surface area contributed by atoms with Crippen molar-refractivity contribution in [3.8, 4) is 11.3 Å². The lowest BCUT2D eigenvalue weighted by atomic mass is 10.1. The van der Waals surface area contributed by atoms with Gasteiger partial charge in [-0.25, -0.2) is 8.78 Å². The summed E-state index contributed by atoms with van der Waals surface area (Å²) in [6, 6.07) is 6.87. The van der Waals surface area contributed by atoms with E-state index in [-0.39, 0.29) is 11.3 Å². The minimum Gasteiger partial charge on any atom is -0.381 e. The molecule has 0 radical (unpaired) electrons. The summed E-state index contributed by atoms with van der Waals surface area (Å²) < 4.78 is 38.3. The van der Waals surface area contributed by atoms with Gasteiger partial charge in [-0.3, -0.25) is 0 Å². The summed E-state index contributed by atoms with van der Waals surface area (Å²) in [5.74, 6) is -0.299. The van der Waals surface area contributed by atoms with Crippen molar-refractivity contribution in [1.82, 2.24) is 10.2 Å². The van der Waals surface area contributed by atoms with Gasteiger partial charge in [-0.15, -0.1) is 10.2 Å². The van der Waals surface area contributed by atoms with Crippen LogP contribution in [0.4, 0.5) is 14.6 Å². The number of hydrogen-bond donors (Lipinski definition) is 1. The van der Waals surface area contributed by atoms with Gasteiger partial charge in [-0.1, -0.05) is 6.07 Å². The lowest BCUT2D eigenvalue weighted by Gasteiger charge is -2.10. The van der Waals surface area contributed by atoms with Crippen LogP contribution in [0.5, 0.6) is 0 Å². The fraction of sp³-hybridized carbons (Fsp3) is 0.412. The van der Waals surface area contributed by atoms with Crippen LogP contribution in [0.3, 0.4) is 0 Å². The highest BCUT2D eigenvalue weighted by molar-refractivity contribution is 5.61. The number of nitrogens with zero attached hydrogens (tertiary/aromatic N) is 2. The van der Waals surface area contributed by atoms with Crippen LogP contribution in [0.2, 0.25) is 0 Å². The second kappa shape index (κ2) is 8.12. The SMILES string of the molecule is Fc1cccc(F)c1-c1ccc(NCCOCC2CCOC2)nn1. The first-order valence-electron chi connectivity index (χ1n) is 7.91. The minimum absolute atomic E-state index is 0.161. The van der Waals surface area contributed by atoms with E-state index < -0.39 is 11.6 Å². The van der Waals surface area contributed by atoms with Gasteiger partial charge < -0.3 is 14.8 Å². The molecular formula is C17H19F2N3O2.